The van der Waals surface area contributed by atoms with Crippen molar-refractivity contribution in [3.05, 3.63) is 93.9 Å². The summed E-state index contributed by atoms with van der Waals surface area (Å²) in [6, 6.07) is 22.6. The molecule has 0 amide bonds. The summed E-state index contributed by atoms with van der Waals surface area (Å²) >= 11 is 6.05. The number of aromatic amines is 1. The minimum absolute atomic E-state index is 0.110. The fourth-order valence-electron chi connectivity index (χ4n) is 3.60. The third-order valence-corrected chi connectivity index (χ3v) is 5.23. The van der Waals surface area contributed by atoms with E-state index in [4.69, 9.17) is 11.6 Å². The summed E-state index contributed by atoms with van der Waals surface area (Å²) in [4.78, 5) is 17.0. The van der Waals surface area contributed by atoms with Gasteiger partial charge in [0.2, 0.25) is 0 Å². The fourth-order valence-corrected chi connectivity index (χ4v) is 3.72. The summed E-state index contributed by atoms with van der Waals surface area (Å²) in [7, 11) is 0. The second kappa shape index (κ2) is 6.87. The van der Waals surface area contributed by atoms with Gasteiger partial charge in [-0.25, -0.2) is 13.9 Å². The quantitative estimate of drug-likeness (QED) is 0.424. The van der Waals surface area contributed by atoms with Crippen LogP contribution in [0.25, 0.3) is 38.8 Å². The topological polar surface area (TPSA) is 50.2 Å². The van der Waals surface area contributed by atoms with E-state index in [0.717, 1.165) is 33.2 Å². The zero-order chi connectivity index (χ0) is 20.0. The van der Waals surface area contributed by atoms with Crippen molar-refractivity contribution in [2.45, 2.75) is 6.67 Å². The molecule has 0 unspecified atom stereocenters. The van der Waals surface area contributed by atoms with Crippen LogP contribution in [0.5, 0.6) is 0 Å². The number of nitrogens with zero attached hydrogens (tertiary/aromatic N) is 2. The van der Waals surface area contributed by atoms with Crippen molar-refractivity contribution in [2.75, 3.05) is 0 Å². The molecule has 0 fully saturated rings. The molecular weight excluding hydrogens is 389 g/mol. The normalized spacial score (nSPS) is 11.4. The van der Waals surface area contributed by atoms with Crippen molar-refractivity contribution in [1.29, 1.82) is 0 Å². The van der Waals surface area contributed by atoms with Crippen LogP contribution >= 0.6 is 11.6 Å². The first kappa shape index (κ1) is 17.6. The lowest BCUT2D eigenvalue weighted by molar-refractivity contribution is 0.475. The number of nitrogens with one attached hydrogen (secondary N) is 1. The van der Waals surface area contributed by atoms with Crippen molar-refractivity contribution >= 4 is 28.0 Å². The Balaban J connectivity index is 1.87. The van der Waals surface area contributed by atoms with Gasteiger partial charge in [0, 0.05) is 16.7 Å². The highest BCUT2D eigenvalue weighted by Crippen LogP contribution is 2.35. The van der Waals surface area contributed by atoms with E-state index in [1.54, 1.807) is 12.1 Å². The van der Waals surface area contributed by atoms with Crippen molar-refractivity contribution < 1.29 is 4.39 Å². The molecule has 4 nitrogen and oxygen atoms in total. The predicted molar refractivity (Wildman–Crippen MR) is 114 cm³/mol. The second-order valence-electron chi connectivity index (χ2n) is 6.81. The first-order valence-corrected chi connectivity index (χ1v) is 9.47. The number of fused-ring (bicyclic) bond motifs is 2. The van der Waals surface area contributed by atoms with Crippen LogP contribution in [-0.2, 0) is 6.67 Å². The summed E-state index contributed by atoms with van der Waals surface area (Å²) in [5.41, 5.74) is 3.34. The van der Waals surface area contributed by atoms with E-state index in [0.29, 0.717) is 10.7 Å². The molecular formula is C23H15ClFN3O. The Kier molecular flexibility index (Phi) is 4.18. The van der Waals surface area contributed by atoms with Crippen molar-refractivity contribution in [3.63, 3.8) is 0 Å². The molecule has 1 N–H and O–H groups in total. The molecule has 6 heteroatoms. The van der Waals surface area contributed by atoms with E-state index in [2.05, 4.69) is 10.1 Å². The molecule has 0 bridgehead atoms. The van der Waals surface area contributed by atoms with Gasteiger partial charge < -0.3 is 0 Å². The highest BCUT2D eigenvalue weighted by molar-refractivity contribution is 6.30. The number of halogens is 2. The summed E-state index contributed by atoms with van der Waals surface area (Å²) in [6.07, 6.45) is 0. The predicted octanol–water partition coefficient (Wildman–Crippen LogP) is 5.63. The van der Waals surface area contributed by atoms with Crippen LogP contribution in [0.1, 0.15) is 5.69 Å². The highest BCUT2D eigenvalue weighted by atomic mass is 35.5. The number of H-pyrrole nitrogens is 1. The molecule has 29 heavy (non-hydrogen) atoms. The minimum atomic E-state index is -0.801. The number of rotatable bonds is 3. The zero-order valence-corrected chi connectivity index (χ0v) is 15.9. The Morgan fingerprint density at radius 2 is 1.66 bits per heavy atom. The second-order valence-corrected chi connectivity index (χ2v) is 7.25. The molecule has 5 aromatic rings. The first-order valence-electron chi connectivity index (χ1n) is 9.10. The molecule has 0 saturated heterocycles. The smallest absolute Gasteiger partial charge is 0.273 e. The Hall–Kier alpha value is -3.44. The SMILES string of the molecule is O=c1cc(CF)nc2c(-c3ccc4ccccc4c3)c(-c3ccc(Cl)cc3)[nH]n12. The minimum Gasteiger partial charge on any atom is -0.288 e. The fraction of sp³-hybridized carbons (Fsp3) is 0.0435. The van der Waals surface area contributed by atoms with Gasteiger partial charge >= 0.3 is 0 Å². The van der Waals surface area contributed by atoms with Gasteiger partial charge in [0.05, 0.1) is 17.0 Å². The number of benzene rings is 3. The van der Waals surface area contributed by atoms with E-state index in [1.165, 1.54) is 10.6 Å². The van der Waals surface area contributed by atoms with E-state index in [-0.39, 0.29) is 11.3 Å². The number of hydrogen-bond donors (Lipinski definition) is 1. The van der Waals surface area contributed by atoms with E-state index >= 15 is 0 Å². The maximum absolute atomic E-state index is 13.3. The van der Waals surface area contributed by atoms with Gasteiger partial charge in [0.25, 0.3) is 5.56 Å². The number of hydrogen-bond acceptors (Lipinski definition) is 2. The largest absolute Gasteiger partial charge is 0.288 e. The van der Waals surface area contributed by atoms with Crippen LogP contribution < -0.4 is 5.56 Å². The Labute approximate surface area is 170 Å². The molecule has 0 aliphatic heterocycles. The molecule has 3 aromatic carbocycles. The molecule has 2 aromatic heterocycles. The zero-order valence-electron chi connectivity index (χ0n) is 15.2. The molecule has 0 atom stereocenters. The van der Waals surface area contributed by atoms with Crippen molar-refractivity contribution in [3.8, 4) is 22.4 Å². The van der Waals surface area contributed by atoms with Gasteiger partial charge in [0.15, 0.2) is 5.65 Å². The van der Waals surface area contributed by atoms with E-state index < -0.39 is 6.67 Å². The maximum Gasteiger partial charge on any atom is 0.273 e. The molecule has 0 spiro atoms. The highest BCUT2D eigenvalue weighted by Gasteiger charge is 2.19. The van der Waals surface area contributed by atoms with Gasteiger partial charge in [-0.3, -0.25) is 9.89 Å². The van der Waals surface area contributed by atoms with Crippen molar-refractivity contribution in [1.82, 2.24) is 14.6 Å². The third kappa shape index (κ3) is 3.00. The van der Waals surface area contributed by atoms with Gasteiger partial charge in [-0.15, -0.1) is 0 Å². The van der Waals surface area contributed by atoms with Crippen LogP contribution in [-0.4, -0.2) is 14.6 Å². The Bertz CT molecular complexity index is 1420. The van der Waals surface area contributed by atoms with Gasteiger partial charge in [-0.2, -0.15) is 0 Å². The summed E-state index contributed by atoms with van der Waals surface area (Å²) < 4.78 is 14.7. The lowest BCUT2D eigenvalue weighted by atomic mass is 9.98. The standard InChI is InChI=1S/C23H15ClFN3O/c24-18-9-7-15(8-10-18)22-21(17-6-5-14-3-1-2-4-16(14)11-17)23-26-19(13-25)12-20(29)28(23)27-22/h1-12,27H,13H2. The number of alkyl halides is 1. The lowest BCUT2D eigenvalue weighted by Gasteiger charge is -2.07. The third-order valence-electron chi connectivity index (χ3n) is 4.98. The van der Waals surface area contributed by atoms with Gasteiger partial charge in [-0.1, -0.05) is 60.1 Å². The van der Waals surface area contributed by atoms with Crippen LogP contribution in [0.2, 0.25) is 5.02 Å². The van der Waals surface area contributed by atoms with Crippen molar-refractivity contribution in [2.24, 2.45) is 0 Å². The average molecular weight is 404 g/mol. The Morgan fingerprint density at radius 3 is 2.41 bits per heavy atom. The lowest BCUT2D eigenvalue weighted by Crippen LogP contribution is -2.15. The monoisotopic (exact) mass is 403 g/mol. The van der Waals surface area contributed by atoms with Crippen LogP contribution in [0.15, 0.2) is 77.6 Å². The summed E-state index contributed by atoms with van der Waals surface area (Å²) in [6.45, 7) is -0.801. The van der Waals surface area contributed by atoms with Gasteiger partial charge in [-0.05, 0) is 34.5 Å². The molecule has 142 valence electrons. The van der Waals surface area contributed by atoms with E-state index in [9.17, 15) is 9.18 Å². The average Bonchev–Trinajstić information content (AvgIpc) is 3.14. The first-order chi connectivity index (χ1) is 14.1. The summed E-state index contributed by atoms with van der Waals surface area (Å²) in [5, 5.41) is 5.94. The van der Waals surface area contributed by atoms with E-state index in [1.807, 2.05) is 54.6 Å². The van der Waals surface area contributed by atoms with Crippen LogP contribution in [0.4, 0.5) is 4.39 Å². The Morgan fingerprint density at radius 1 is 0.931 bits per heavy atom. The number of aromatic nitrogens is 3. The van der Waals surface area contributed by atoms with Crippen LogP contribution in [0.3, 0.4) is 0 Å². The maximum atomic E-state index is 13.3. The molecule has 0 aliphatic carbocycles. The molecule has 0 radical (unpaired) electrons. The molecule has 2 heterocycles. The molecule has 5 rings (SSSR count). The van der Waals surface area contributed by atoms with Crippen LogP contribution in [0, 0.1) is 0 Å². The van der Waals surface area contributed by atoms with Gasteiger partial charge in [0.1, 0.15) is 6.67 Å². The summed E-state index contributed by atoms with van der Waals surface area (Å²) in [5.74, 6) is 0. The molecule has 0 saturated carbocycles. The molecule has 0 aliphatic rings.